The van der Waals surface area contributed by atoms with E-state index in [2.05, 4.69) is 26.0 Å². The van der Waals surface area contributed by atoms with E-state index in [0.29, 0.717) is 17.5 Å². The summed E-state index contributed by atoms with van der Waals surface area (Å²) in [5.74, 6) is 0. The van der Waals surface area contributed by atoms with E-state index in [-0.39, 0.29) is 12.4 Å². The van der Waals surface area contributed by atoms with Gasteiger partial charge in [0.1, 0.15) is 0 Å². The minimum Gasteiger partial charge on any atom is -0.314 e. The Labute approximate surface area is 128 Å². The first-order valence-electron chi connectivity index (χ1n) is 6.06. The van der Waals surface area contributed by atoms with E-state index in [0.717, 1.165) is 23.9 Å². The van der Waals surface area contributed by atoms with Crippen molar-refractivity contribution >= 4 is 38.4 Å². The molecule has 2 rings (SSSR count). The molecular weight excluding hydrogens is 352 g/mol. The van der Waals surface area contributed by atoms with E-state index in [9.17, 15) is 8.42 Å². The van der Waals surface area contributed by atoms with E-state index in [1.807, 2.05) is 6.07 Å². The molecule has 2 N–H and O–H groups in total. The Bertz CT molecular complexity index is 504. The van der Waals surface area contributed by atoms with Crippen molar-refractivity contribution in [3.05, 3.63) is 28.7 Å². The van der Waals surface area contributed by atoms with Gasteiger partial charge >= 0.3 is 0 Å². The lowest BCUT2D eigenvalue weighted by Gasteiger charge is -2.11. The van der Waals surface area contributed by atoms with Gasteiger partial charge in [-0.2, -0.15) is 0 Å². The van der Waals surface area contributed by atoms with Gasteiger partial charge in [0.25, 0.3) is 0 Å². The molecule has 0 bridgehead atoms. The Balaban J connectivity index is 0.00000180. The van der Waals surface area contributed by atoms with Crippen LogP contribution in [-0.2, 0) is 10.0 Å². The first-order chi connectivity index (χ1) is 8.58. The van der Waals surface area contributed by atoms with Gasteiger partial charge in [-0.15, -0.1) is 12.4 Å². The van der Waals surface area contributed by atoms with Gasteiger partial charge in [0, 0.05) is 17.1 Å². The van der Waals surface area contributed by atoms with Gasteiger partial charge in [0.2, 0.25) is 10.0 Å². The molecular formula is C12H18BrClN2O2S. The number of hydrogen-bond acceptors (Lipinski definition) is 3. The number of benzene rings is 1. The highest BCUT2D eigenvalue weighted by Crippen LogP contribution is 2.16. The molecule has 0 radical (unpaired) electrons. The molecule has 1 aromatic rings. The maximum atomic E-state index is 12.0. The van der Waals surface area contributed by atoms with Crippen LogP contribution in [0.25, 0.3) is 0 Å². The molecule has 19 heavy (non-hydrogen) atoms. The Morgan fingerprint density at radius 2 is 2.21 bits per heavy atom. The van der Waals surface area contributed by atoms with Gasteiger partial charge in [0.15, 0.2) is 0 Å². The van der Waals surface area contributed by atoms with E-state index >= 15 is 0 Å². The molecule has 4 nitrogen and oxygen atoms in total. The van der Waals surface area contributed by atoms with Crippen molar-refractivity contribution in [3.63, 3.8) is 0 Å². The third-order valence-electron chi connectivity index (χ3n) is 3.05. The van der Waals surface area contributed by atoms with Crippen LogP contribution in [-0.4, -0.2) is 27.5 Å². The van der Waals surface area contributed by atoms with Crippen molar-refractivity contribution in [2.24, 2.45) is 0 Å². The fraction of sp³-hybridized carbons (Fsp3) is 0.500. The minimum atomic E-state index is -3.38. The molecule has 0 saturated carbocycles. The Kier molecular flexibility index (Phi) is 6.76. The second-order valence-electron chi connectivity index (χ2n) is 4.44. The number of nitrogens with one attached hydrogen (secondary N) is 2. The predicted molar refractivity (Wildman–Crippen MR) is 82.2 cm³/mol. The maximum absolute atomic E-state index is 12.0. The summed E-state index contributed by atoms with van der Waals surface area (Å²) in [5.41, 5.74) is 0. The van der Waals surface area contributed by atoms with Gasteiger partial charge in [-0.3, -0.25) is 0 Å². The van der Waals surface area contributed by atoms with Crippen LogP contribution < -0.4 is 10.0 Å². The summed E-state index contributed by atoms with van der Waals surface area (Å²) in [6.45, 7) is 1.52. The lowest BCUT2D eigenvalue weighted by molar-refractivity contribution is 0.539. The number of hydrogen-bond donors (Lipinski definition) is 2. The van der Waals surface area contributed by atoms with Crippen LogP contribution >= 0.6 is 28.3 Å². The van der Waals surface area contributed by atoms with E-state index < -0.39 is 10.0 Å². The average molecular weight is 370 g/mol. The first kappa shape index (κ1) is 16.9. The number of sulfonamides is 1. The topological polar surface area (TPSA) is 58.2 Å². The molecule has 108 valence electrons. The van der Waals surface area contributed by atoms with E-state index in [1.54, 1.807) is 18.2 Å². The molecule has 1 aliphatic rings. The average Bonchev–Trinajstić information content (AvgIpc) is 2.82. The third kappa shape index (κ3) is 5.04. The smallest absolute Gasteiger partial charge is 0.240 e. The highest BCUT2D eigenvalue weighted by atomic mass is 79.9. The Hall–Kier alpha value is -0.140. The molecule has 0 aliphatic carbocycles. The van der Waals surface area contributed by atoms with Crippen LogP contribution in [0.2, 0.25) is 0 Å². The second-order valence-corrected chi connectivity index (χ2v) is 7.12. The highest BCUT2D eigenvalue weighted by Gasteiger charge is 2.17. The third-order valence-corrected chi connectivity index (χ3v) is 5.01. The van der Waals surface area contributed by atoms with Crippen molar-refractivity contribution in [1.82, 2.24) is 10.0 Å². The SMILES string of the molecule is Cl.O=S(=O)(NCC[C@H]1CCCN1)c1cccc(Br)c1. The summed E-state index contributed by atoms with van der Waals surface area (Å²) in [4.78, 5) is 0.302. The predicted octanol–water partition coefficient (Wildman–Crippen LogP) is 2.29. The zero-order valence-corrected chi connectivity index (χ0v) is 13.7. The van der Waals surface area contributed by atoms with Crippen molar-refractivity contribution in [2.45, 2.75) is 30.2 Å². The van der Waals surface area contributed by atoms with Crippen LogP contribution in [0.15, 0.2) is 33.6 Å². The van der Waals surface area contributed by atoms with Gasteiger partial charge in [0.05, 0.1) is 4.90 Å². The summed E-state index contributed by atoms with van der Waals surface area (Å²) >= 11 is 3.27. The number of rotatable bonds is 5. The van der Waals surface area contributed by atoms with E-state index in [1.165, 1.54) is 6.42 Å². The molecule has 0 unspecified atom stereocenters. The molecule has 1 aromatic carbocycles. The van der Waals surface area contributed by atoms with Gasteiger partial charge in [-0.05, 0) is 44.0 Å². The largest absolute Gasteiger partial charge is 0.314 e. The van der Waals surface area contributed by atoms with Crippen LogP contribution in [0.5, 0.6) is 0 Å². The standard InChI is InChI=1S/C12H17BrN2O2S.ClH/c13-10-3-1-5-12(9-10)18(16,17)15-8-6-11-4-2-7-14-11;/h1,3,5,9,11,14-15H,2,4,6-8H2;1H/t11-;/m1./s1. The van der Waals surface area contributed by atoms with Crippen molar-refractivity contribution in [2.75, 3.05) is 13.1 Å². The molecule has 1 heterocycles. The van der Waals surface area contributed by atoms with Crippen molar-refractivity contribution in [3.8, 4) is 0 Å². The molecule has 7 heteroatoms. The quantitative estimate of drug-likeness (QED) is 0.837. The van der Waals surface area contributed by atoms with E-state index in [4.69, 9.17) is 0 Å². The van der Waals surface area contributed by atoms with Crippen LogP contribution in [0, 0.1) is 0 Å². The van der Waals surface area contributed by atoms with Crippen LogP contribution in [0.3, 0.4) is 0 Å². The molecule has 1 atom stereocenters. The summed E-state index contributed by atoms with van der Waals surface area (Å²) in [6.07, 6.45) is 3.16. The fourth-order valence-corrected chi connectivity index (χ4v) is 3.73. The zero-order chi connectivity index (χ0) is 13.0. The normalized spacial score (nSPS) is 19.1. The monoisotopic (exact) mass is 368 g/mol. The number of halogens is 2. The molecule has 1 saturated heterocycles. The van der Waals surface area contributed by atoms with Crippen LogP contribution in [0.1, 0.15) is 19.3 Å². The lowest BCUT2D eigenvalue weighted by Crippen LogP contribution is -2.30. The van der Waals surface area contributed by atoms with Gasteiger partial charge < -0.3 is 5.32 Å². The molecule has 1 fully saturated rings. The van der Waals surface area contributed by atoms with Gasteiger partial charge in [-0.1, -0.05) is 22.0 Å². The summed E-state index contributed by atoms with van der Waals surface area (Å²) in [7, 11) is -3.38. The summed E-state index contributed by atoms with van der Waals surface area (Å²) < 4.78 is 27.4. The van der Waals surface area contributed by atoms with Crippen molar-refractivity contribution < 1.29 is 8.42 Å². The first-order valence-corrected chi connectivity index (χ1v) is 8.34. The second kappa shape index (κ2) is 7.59. The molecule has 0 amide bonds. The Morgan fingerprint density at radius 3 is 2.84 bits per heavy atom. The van der Waals surface area contributed by atoms with Gasteiger partial charge in [-0.25, -0.2) is 13.1 Å². The van der Waals surface area contributed by atoms with Crippen LogP contribution in [0.4, 0.5) is 0 Å². The lowest BCUT2D eigenvalue weighted by atomic mass is 10.2. The minimum absolute atomic E-state index is 0. The molecule has 0 aromatic heterocycles. The summed E-state index contributed by atoms with van der Waals surface area (Å²) in [5, 5.41) is 3.35. The Morgan fingerprint density at radius 1 is 1.42 bits per heavy atom. The zero-order valence-electron chi connectivity index (χ0n) is 10.4. The van der Waals surface area contributed by atoms with Crippen molar-refractivity contribution in [1.29, 1.82) is 0 Å². The molecule has 1 aliphatic heterocycles. The highest BCUT2D eigenvalue weighted by molar-refractivity contribution is 9.10. The summed E-state index contributed by atoms with van der Waals surface area (Å²) in [6, 6.07) is 7.19. The fourth-order valence-electron chi connectivity index (χ4n) is 2.09. The molecule has 0 spiro atoms. The maximum Gasteiger partial charge on any atom is 0.240 e.